The second kappa shape index (κ2) is 6.26. The van der Waals surface area contributed by atoms with Crippen molar-refractivity contribution in [3.05, 3.63) is 0 Å². The summed E-state index contributed by atoms with van der Waals surface area (Å²) in [6.07, 6.45) is 0. The van der Waals surface area contributed by atoms with Gasteiger partial charge in [0.1, 0.15) is 0 Å². The van der Waals surface area contributed by atoms with Crippen molar-refractivity contribution in [2.45, 2.75) is 27.9 Å². The van der Waals surface area contributed by atoms with Crippen molar-refractivity contribution in [1.29, 1.82) is 0 Å². The van der Waals surface area contributed by atoms with Gasteiger partial charge in [0.05, 0.1) is 0 Å². The molecule has 0 saturated heterocycles. The Morgan fingerprint density at radius 2 is 1.11 bits per heavy atom. The summed E-state index contributed by atoms with van der Waals surface area (Å²) in [7, 11) is 1.70. The van der Waals surface area contributed by atoms with Crippen molar-refractivity contribution in [2.24, 2.45) is 0 Å². The predicted octanol–water partition coefficient (Wildman–Crippen LogP) is 2.25. The molecule has 0 aliphatic heterocycles. The molecule has 0 saturated carbocycles. The van der Waals surface area contributed by atoms with Crippen LogP contribution in [0, 0.1) is 0 Å². The molecule has 0 amide bonds. The van der Waals surface area contributed by atoms with Crippen LogP contribution in [-0.4, -0.2) is 22.8 Å². The molecule has 0 N–H and O–H groups in total. The lowest BCUT2D eigenvalue weighted by Crippen LogP contribution is -2.31. The SMILES string of the molecule is C.C.CO[Si](C)(C)OC. The van der Waals surface area contributed by atoms with Gasteiger partial charge in [-0.25, -0.2) is 0 Å². The van der Waals surface area contributed by atoms with Gasteiger partial charge >= 0.3 is 8.56 Å². The fourth-order valence-electron chi connectivity index (χ4n) is 0.0833. The minimum Gasteiger partial charge on any atom is -0.398 e. The quantitative estimate of drug-likeness (QED) is 0.565. The second-order valence-electron chi connectivity index (χ2n) is 1.81. The van der Waals surface area contributed by atoms with Gasteiger partial charge < -0.3 is 8.85 Å². The van der Waals surface area contributed by atoms with E-state index in [0.29, 0.717) is 0 Å². The highest BCUT2D eigenvalue weighted by atomic mass is 28.4. The summed E-state index contributed by atoms with van der Waals surface area (Å²) < 4.78 is 10.0. The molecule has 60 valence electrons. The molecule has 0 heterocycles. The van der Waals surface area contributed by atoms with E-state index in [1.807, 2.05) is 13.1 Å². The van der Waals surface area contributed by atoms with Crippen LogP contribution in [0.4, 0.5) is 0 Å². The molecule has 0 aliphatic rings. The molecule has 0 unspecified atom stereocenters. The maximum absolute atomic E-state index is 5.00. The Hall–Kier alpha value is 0.137. The van der Waals surface area contributed by atoms with Crippen LogP contribution in [0.1, 0.15) is 14.9 Å². The summed E-state index contributed by atoms with van der Waals surface area (Å²) in [4.78, 5) is 0. The van der Waals surface area contributed by atoms with E-state index in [1.54, 1.807) is 14.2 Å². The Labute approximate surface area is 60.4 Å². The van der Waals surface area contributed by atoms with Gasteiger partial charge in [0, 0.05) is 14.2 Å². The summed E-state index contributed by atoms with van der Waals surface area (Å²) in [5.74, 6) is 0. The summed E-state index contributed by atoms with van der Waals surface area (Å²) in [5, 5.41) is 0. The fourth-order valence-corrected chi connectivity index (χ4v) is 0.250. The molecule has 9 heavy (non-hydrogen) atoms. The van der Waals surface area contributed by atoms with Crippen molar-refractivity contribution in [1.82, 2.24) is 0 Å². The zero-order valence-electron chi connectivity index (χ0n) is 5.32. The topological polar surface area (TPSA) is 18.5 Å². The Morgan fingerprint density at radius 3 is 1.11 bits per heavy atom. The van der Waals surface area contributed by atoms with Crippen molar-refractivity contribution >= 4 is 8.56 Å². The summed E-state index contributed by atoms with van der Waals surface area (Å²) in [5.41, 5.74) is 0. The Kier molecular flexibility index (Phi) is 11.2. The van der Waals surface area contributed by atoms with Crippen molar-refractivity contribution in [2.75, 3.05) is 14.2 Å². The van der Waals surface area contributed by atoms with Crippen LogP contribution in [0.25, 0.3) is 0 Å². The molecule has 0 spiro atoms. The van der Waals surface area contributed by atoms with Crippen LogP contribution in [0.3, 0.4) is 0 Å². The Morgan fingerprint density at radius 1 is 0.889 bits per heavy atom. The van der Waals surface area contributed by atoms with Crippen LogP contribution in [0.2, 0.25) is 13.1 Å². The largest absolute Gasteiger partial charge is 0.398 e. The Bertz CT molecular complexity index is 49.0. The lowest BCUT2D eigenvalue weighted by atomic mass is 11.8. The van der Waals surface area contributed by atoms with Gasteiger partial charge in [-0.1, -0.05) is 14.9 Å². The minimum absolute atomic E-state index is 0. The number of rotatable bonds is 2. The molecule has 2 nitrogen and oxygen atoms in total. The normalized spacial score (nSPS) is 9.33. The zero-order chi connectivity index (χ0) is 5.91. The van der Waals surface area contributed by atoms with Gasteiger partial charge in [0.25, 0.3) is 0 Å². The average molecular weight is 152 g/mol. The molecule has 0 bridgehead atoms. The van der Waals surface area contributed by atoms with Crippen LogP contribution in [0.15, 0.2) is 0 Å². The molecular weight excluding hydrogens is 132 g/mol. The van der Waals surface area contributed by atoms with Gasteiger partial charge in [-0.2, -0.15) is 0 Å². The Balaban J connectivity index is -0.000000180. The lowest BCUT2D eigenvalue weighted by molar-refractivity contribution is 0.258. The van der Waals surface area contributed by atoms with Gasteiger partial charge in [0.2, 0.25) is 0 Å². The van der Waals surface area contributed by atoms with Gasteiger partial charge in [-0.3, -0.25) is 0 Å². The van der Waals surface area contributed by atoms with E-state index in [0.717, 1.165) is 0 Å². The van der Waals surface area contributed by atoms with E-state index in [9.17, 15) is 0 Å². The van der Waals surface area contributed by atoms with Crippen LogP contribution < -0.4 is 0 Å². The first kappa shape index (κ1) is 16.1. The molecule has 0 aromatic carbocycles. The maximum atomic E-state index is 5.00. The monoisotopic (exact) mass is 152 g/mol. The summed E-state index contributed by atoms with van der Waals surface area (Å²) >= 11 is 0. The zero-order valence-corrected chi connectivity index (χ0v) is 6.32. The van der Waals surface area contributed by atoms with E-state index in [1.165, 1.54) is 0 Å². The molecule has 0 atom stereocenters. The standard InChI is InChI=1S/C4H12O2Si.2CH4/c1-5-7(3,4)6-2;;/h1-4H3;2*1H4. The molecule has 0 aromatic rings. The van der Waals surface area contributed by atoms with Gasteiger partial charge in [-0.05, 0) is 13.1 Å². The van der Waals surface area contributed by atoms with Crippen LogP contribution in [0.5, 0.6) is 0 Å². The second-order valence-corrected chi connectivity index (χ2v) is 5.42. The van der Waals surface area contributed by atoms with Gasteiger partial charge in [-0.15, -0.1) is 0 Å². The number of hydrogen-bond donors (Lipinski definition) is 0. The highest BCUT2D eigenvalue weighted by Gasteiger charge is 2.19. The van der Waals surface area contributed by atoms with Crippen molar-refractivity contribution in [3.8, 4) is 0 Å². The van der Waals surface area contributed by atoms with Crippen molar-refractivity contribution < 1.29 is 8.85 Å². The first-order valence-corrected chi connectivity index (χ1v) is 5.04. The average Bonchev–Trinajstić information content (AvgIpc) is 1.68. The maximum Gasteiger partial charge on any atom is 0.331 e. The third-order valence-electron chi connectivity index (χ3n) is 0.983. The van der Waals surface area contributed by atoms with Crippen LogP contribution >= 0.6 is 0 Å². The minimum atomic E-state index is -1.65. The highest BCUT2D eigenvalue weighted by molar-refractivity contribution is 6.64. The van der Waals surface area contributed by atoms with E-state index in [2.05, 4.69) is 0 Å². The van der Waals surface area contributed by atoms with Crippen LogP contribution in [-0.2, 0) is 8.85 Å². The first-order valence-electron chi connectivity index (χ1n) is 2.22. The van der Waals surface area contributed by atoms with E-state index in [4.69, 9.17) is 8.85 Å². The molecule has 0 rings (SSSR count). The molecule has 0 radical (unpaired) electrons. The van der Waals surface area contributed by atoms with Gasteiger partial charge in [0.15, 0.2) is 0 Å². The third kappa shape index (κ3) is 8.14. The molecule has 0 aromatic heterocycles. The number of hydrogen-bond acceptors (Lipinski definition) is 2. The van der Waals surface area contributed by atoms with E-state index in [-0.39, 0.29) is 14.9 Å². The van der Waals surface area contributed by atoms with E-state index < -0.39 is 8.56 Å². The summed E-state index contributed by atoms with van der Waals surface area (Å²) in [6, 6.07) is 0. The molecule has 0 aliphatic carbocycles. The first-order chi connectivity index (χ1) is 3.12. The fraction of sp³-hybridized carbons (Fsp3) is 1.00. The lowest BCUT2D eigenvalue weighted by Gasteiger charge is -2.15. The molecular formula is C6H20O2Si. The van der Waals surface area contributed by atoms with E-state index >= 15 is 0 Å². The smallest absolute Gasteiger partial charge is 0.331 e. The summed E-state index contributed by atoms with van der Waals surface area (Å²) in [6.45, 7) is 3.99. The van der Waals surface area contributed by atoms with Crippen molar-refractivity contribution in [3.63, 3.8) is 0 Å². The molecule has 0 fully saturated rings. The predicted molar refractivity (Wildman–Crippen MR) is 45.0 cm³/mol. The highest BCUT2D eigenvalue weighted by Crippen LogP contribution is 1.99. The molecule has 3 heteroatoms. The third-order valence-corrected chi connectivity index (χ3v) is 2.95.